The summed E-state index contributed by atoms with van der Waals surface area (Å²) in [6.45, 7) is 1.22. The van der Waals surface area contributed by atoms with Gasteiger partial charge < -0.3 is 19.5 Å². The summed E-state index contributed by atoms with van der Waals surface area (Å²) >= 11 is 6.19. The lowest BCUT2D eigenvalue weighted by Gasteiger charge is -2.24. The van der Waals surface area contributed by atoms with E-state index in [0.29, 0.717) is 41.2 Å². The third-order valence-corrected chi connectivity index (χ3v) is 6.53. The molecule has 0 saturated carbocycles. The summed E-state index contributed by atoms with van der Waals surface area (Å²) < 4.78 is 45.1. The van der Waals surface area contributed by atoms with Crippen LogP contribution in [0.15, 0.2) is 70.6 Å². The molecule has 32 heavy (non-hydrogen) atoms. The van der Waals surface area contributed by atoms with Crippen molar-refractivity contribution in [2.45, 2.75) is 11.4 Å². The molecule has 0 saturated heterocycles. The Morgan fingerprint density at radius 3 is 2.59 bits per heavy atom. The second-order valence-corrected chi connectivity index (χ2v) is 9.09. The summed E-state index contributed by atoms with van der Waals surface area (Å²) in [6, 6.07) is 17.2. The Bertz CT molecular complexity index is 1330. The molecule has 0 fully saturated rings. The summed E-state index contributed by atoms with van der Waals surface area (Å²) in [4.78, 5) is 4.46. The highest BCUT2D eigenvalue weighted by Gasteiger charge is 2.29. The van der Waals surface area contributed by atoms with E-state index in [0.717, 1.165) is 5.56 Å². The number of halogens is 1. The molecule has 2 N–H and O–H groups in total. The summed E-state index contributed by atoms with van der Waals surface area (Å²) in [5.74, 6) is 2.14. The van der Waals surface area contributed by atoms with Gasteiger partial charge in [0.05, 0.1) is 11.6 Å². The summed E-state index contributed by atoms with van der Waals surface area (Å²) in [7, 11) is -3.84. The number of ether oxygens (including phenoxy) is 3. The molecule has 0 bridgehead atoms. The average Bonchev–Trinajstić information content (AvgIpc) is 2.79. The molecule has 0 radical (unpaired) electrons. The molecule has 3 aromatic carbocycles. The number of nitrogens with one attached hydrogen (secondary N) is 2. The molecule has 8 nitrogen and oxygen atoms in total. The molecular weight excluding hydrogens is 454 g/mol. The van der Waals surface area contributed by atoms with Crippen LogP contribution < -0.4 is 24.2 Å². The molecule has 0 aromatic heterocycles. The third kappa shape index (κ3) is 4.04. The van der Waals surface area contributed by atoms with Gasteiger partial charge in [0.25, 0.3) is 10.0 Å². The minimum Gasteiger partial charge on any atom is -0.486 e. The van der Waals surface area contributed by atoms with Gasteiger partial charge in [-0.15, -0.1) is 0 Å². The maximum Gasteiger partial charge on any atom is 0.266 e. The zero-order chi connectivity index (χ0) is 22.1. The minimum atomic E-state index is -3.84. The van der Waals surface area contributed by atoms with Crippen molar-refractivity contribution >= 4 is 33.3 Å². The number of para-hydroxylation sites is 2. The van der Waals surface area contributed by atoms with Crippen molar-refractivity contribution in [3.8, 4) is 23.0 Å². The lowest BCUT2D eigenvalue weighted by Crippen LogP contribution is -2.40. The fraction of sp³-hybridized carbons (Fsp3) is 0.136. The summed E-state index contributed by atoms with van der Waals surface area (Å²) in [6.07, 6.45) is 0. The first-order valence-electron chi connectivity index (χ1n) is 9.78. The summed E-state index contributed by atoms with van der Waals surface area (Å²) in [5.41, 5.74) is 1.13. The number of hydrogen-bond donors (Lipinski definition) is 2. The van der Waals surface area contributed by atoms with Crippen LogP contribution in [0.25, 0.3) is 0 Å². The van der Waals surface area contributed by atoms with E-state index >= 15 is 0 Å². The smallest absolute Gasteiger partial charge is 0.266 e. The molecule has 0 unspecified atom stereocenters. The van der Waals surface area contributed by atoms with E-state index in [1.54, 1.807) is 36.4 Å². The number of aliphatic imine (C=N–C) groups is 1. The highest BCUT2D eigenvalue weighted by Crippen LogP contribution is 2.38. The molecule has 2 heterocycles. The van der Waals surface area contributed by atoms with E-state index < -0.39 is 10.0 Å². The number of fused-ring (bicyclic) bond motifs is 2. The van der Waals surface area contributed by atoms with Gasteiger partial charge in [0, 0.05) is 0 Å². The normalized spacial score (nSPS) is 17.1. The van der Waals surface area contributed by atoms with Crippen molar-refractivity contribution in [1.82, 2.24) is 4.72 Å². The van der Waals surface area contributed by atoms with Crippen LogP contribution in [-0.4, -0.2) is 27.6 Å². The maximum atomic E-state index is 12.8. The van der Waals surface area contributed by atoms with Crippen LogP contribution in [0.3, 0.4) is 0 Å². The molecule has 2 aliphatic rings. The fourth-order valence-electron chi connectivity index (χ4n) is 3.34. The number of nitrogens with zero attached hydrogens (tertiary/aromatic N) is 1. The first-order chi connectivity index (χ1) is 15.5. The zero-order valence-corrected chi connectivity index (χ0v) is 18.2. The number of benzene rings is 3. The Morgan fingerprint density at radius 1 is 0.969 bits per heavy atom. The first kappa shape index (κ1) is 20.5. The first-order valence-corrected chi connectivity index (χ1v) is 11.6. The van der Waals surface area contributed by atoms with Crippen molar-refractivity contribution in [2.24, 2.45) is 4.99 Å². The van der Waals surface area contributed by atoms with Crippen molar-refractivity contribution < 1.29 is 22.6 Å². The van der Waals surface area contributed by atoms with E-state index in [-0.39, 0.29) is 23.1 Å². The topological polar surface area (TPSA) is 98.3 Å². The lowest BCUT2D eigenvalue weighted by atomic mass is 10.2. The predicted octanol–water partition coefficient (Wildman–Crippen LogP) is 4.16. The van der Waals surface area contributed by atoms with E-state index in [4.69, 9.17) is 25.8 Å². The van der Waals surface area contributed by atoms with Crippen LogP contribution in [0.5, 0.6) is 23.0 Å². The van der Waals surface area contributed by atoms with Crippen molar-refractivity contribution in [1.29, 1.82) is 0 Å². The van der Waals surface area contributed by atoms with Crippen molar-refractivity contribution in [3.63, 3.8) is 0 Å². The Morgan fingerprint density at radius 2 is 1.75 bits per heavy atom. The van der Waals surface area contributed by atoms with E-state index in [2.05, 4.69) is 15.0 Å². The molecule has 3 aromatic rings. The van der Waals surface area contributed by atoms with E-state index in [1.807, 2.05) is 18.2 Å². The summed E-state index contributed by atoms with van der Waals surface area (Å²) in [5, 5.41) is 3.44. The molecule has 2 aliphatic heterocycles. The van der Waals surface area contributed by atoms with Crippen LogP contribution in [0.2, 0.25) is 5.02 Å². The van der Waals surface area contributed by atoms with Crippen LogP contribution in [-0.2, 0) is 16.6 Å². The fourth-order valence-corrected chi connectivity index (χ4v) is 4.68. The lowest BCUT2D eigenvalue weighted by molar-refractivity contribution is 0.171. The highest BCUT2D eigenvalue weighted by molar-refractivity contribution is 7.90. The van der Waals surface area contributed by atoms with Gasteiger partial charge in [-0.05, 0) is 42.0 Å². The SMILES string of the molecule is O=S1(=O)NC(=NCc2ccc3c(c2)OCCO3)Nc2c(Oc3ccccc3Cl)cccc21. The maximum absolute atomic E-state index is 12.8. The van der Waals surface area contributed by atoms with Crippen LogP contribution >= 0.6 is 11.6 Å². The van der Waals surface area contributed by atoms with Crippen LogP contribution in [0, 0.1) is 0 Å². The second-order valence-electron chi connectivity index (χ2n) is 7.04. The highest BCUT2D eigenvalue weighted by atomic mass is 35.5. The van der Waals surface area contributed by atoms with Crippen LogP contribution in [0.4, 0.5) is 5.69 Å². The Kier molecular flexibility index (Phi) is 5.28. The van der Waals surface area contributed by atoms with Gasteiger partial charge in [0.1, 0.15) is 29.5 Å². The number of guanidine groups is 1. The molecule has 10 heteroatoms. The van der Waals surface area contributed by atoms with Crippen molar-refractivity contribution in [3.05, 3.63) is 71.2 Å². The molecule has 0 atom stereocenters. The van der Waals surface area contributed by atoms with Gasteiger partial charge >= 0.3 is 0 Å². The predicted molar refractivity (Wildman–Crippen MR) is 120 cm³/mol. The van der Waals surface area contributed by atoms with Gasteiger partial charge in [-0.2, -0.15) is 0 Å². The average molecular weight is 472 g/mol. The molecule has 0 amide bonds. The molecule has 164 valence electrons. The Hall–Kier alpha value is -3.43. The van der Waals surface area contributed by atoms with Gasteiger partial charge in [0.2, 0.25) is 5.96 Å². The number of sulfonamides is 1. The second kappa shape index (κ2) is 8.25. The minimum absolute atomic E-state index is 0.0559. The van der Waals surface area contributed by atoms with Gasteiger partial charge in [-0.1, -0.05) is 35.9 Å². The monoisotopic (exact) mass is 471 g/mol. The molecule has 0 aliphatic carbocycles. The largest absolute Gasteiger partial charge is 0.486 e. The van der Waals surface area contributed by atoms with Gasteiger partial charge in [-0.3, -0.25) is 0 Å². The zero-order valence-electron chi connectivity index (χ0n) is 16.7. The van der Waals surface area contributed by atoms with Crippen LogP contribution in [0.1, 0.15) is 5.56 Å². The molecule has 0 spiro atoms. The number of rotatable bonds is 4. The van der Waals surface area contributed by atoms with Gasteiger partial charge in [0.15, 0.2) is 17.2 Å². The third-order valence-electron chi connectivity index (χ3n) is 4.83. The van der Waals surface area contributed by atoms with Gasteiger partial charge in [-0.25, -0.2) is 18.1 Å². The Balaban J connectivity index is 1.44. The Labute approximate surface area is 189 Å². The quantitative estimate of drug-likeness (QED) is 0.592. The van der Waals surface area contributed by atoms with E-state index in [1.165, 1.54) is 6.07 Å². The molecule has 5 rings (SSSR count). The molecular formula is C22H18ClN3O5S. The standard InChI is InChI=1S/C22H18ClN3O5S/c23-15-4-1-2-5-16(15)31-18-6-3-7-20-21(18)25-22(26-32(20,27)28)24-13-14-8-9-17-19(12-14)30-11-10-29-17/h1-9,12H,10-11,13H2,(H2,24,25,26). The number of anilines is 1. The number of hydrogen-bond acceptors (Lipinski definition) is 6. The van der Waals surface area contributed by atoms with E-state index in [9.17, 15) is 8.42 Å². The van der Waals surface area contributed by atoms with Crippen molar-refractivity contribution in [2.75, 3.05) is 18.5 Å².